The van der Waals surface area contributed by atoms with Crippen LogP contribution >= 0.6 is 15.9 Å². The summed E-state index contributed by atoms with van der Waals surface area (Å²) in [6.07, 6.45) is 0. The van der Waals surface area contributed by atoms with E-state index < -0.39 is 6.04 Å². The first-order chi connectivity index (χ1) is 17.4. The summed E-state index contributed by atoms with van der Waals surface area (Å²) >= 11 is 3.49. The zero-order valence-electron chi connectivity index (χ0n) is 20.1. The molecule has 0 saturated carbocycles. The Morgan fingerprint density at radius 2 is 1.89 bits per heavy atom. The van der Waals surface area contributed by atoms with Crippen molar-refractivity contribution in [1.29, 1.82) is 0 Å². The summed E-state index contributed by atoms with van der Waals surface area (Å²) in [5.74, 6) is 0.996. The maximum absolute atomic E-state index is 13.6. The third-order valence-corrected chi connectivity index (χ3v) is 6.57. The van der Waals surface area contributed by atoms with Gasteiger partial charge in [0.25, 0.3) is 5.91 Å². The molecule has 2 heterocycles. The second-order valence-electron chi connectivity index (χ2n) is 8.77. The summed E-state index contributed by atoms with van der Waals surface area (Å²) in [6, 6.07) is 21.1. The Hall–Kier alpha value is -3.98. The largest absolute Gasteiger partial charge is 0.489 e. The van der Waals surface area contributed by atoms with Gasteiger partial charge < -0.3 is 15.4 Å². The summed E-state index contributed by atoms with van der Waals surface area (Å²) in [5.41, 5.74) is 6.07. The van der Waals surface area contributed by atoms with Gasteiger partial charge >= 0.3 is 0 Å². The van der Waals surface area contributed by atoms with E-state index in [4.69, 9.17) is 4.74 Å². The van der Waals surface area contributed by atoms with Gasteiger partial charge in [-0.2, -0.15) is 4.68 Å². The molecular formula is C27H25BrN6O2. The molecule has 36 heavy (non-hydrogen) atoms. The van der Waals surface area contributed by atoms with E-state index in [0.717, 1.165) is 38.2 Å². The highest BCUT2D eigenvalue weighted by Gasteiger charge is 2.34. The lowest BCUT2D eigenvalue weighted by molar-refractivity contribution is -0.113. The van der Waals surface area contributed by atoms with Crippen molar-refractivity contribution in [3.05, 3.63) is 105 Å². The number of tetrazole rings is 1. The van der Waals surface area contributed by atoms with Crippen LogP contribution in [0.2, 0.25) is 0 Å². The molecule has 0 radical (unpaired) electrons. The number of rotatable bonds is 6. The third-order valence-electron chi connectivity index (χ3n) is 6.08. The lowest BCUT2D eigenvalue weighted by Gasteiger charge is -2.28. The van der Waals surface area contributed by atoms with Crippen molar-refractivity contribution in [2.45, 2.75) is 33.4 Å². The van der Waals surface area contributed by atoms with Crippen LogP contribution in [0.5, 0.6) is 5.75 Å². The number of nitrogens with zero attached hydrogens (tertiary/aromatic N) is 4. The van der Waals surface area contributed by atoms with Gasteiger partial charge in [0, 0.05) is 15.9 Å². The fraction of sp³-hybridized carbons (Fsp3) is 0.185. The average Bonchev–Trinajstić information content (AvgIpc) is 3.32. The highest BCUT2D eigenvalue weighted by molar-refractivity contribution is 9.10. The van der Waals surface area contributed by atoms with Crippen molar-refractivity contribution >= 4 is 33.5 Å². The number of hydrogen-bond acceptors (Lipinski definition) is 6. The maximum Gasteiger partial charge on any atom is 0.255 e. The second-order valence-corrected chi connectivity index (χ2v) is 9.69. The first-order valence-corrected chi connectivity index (χ1v) is 12.3. The summed E-state index contributed by atoms with van der Waals surface area (Å²) in [6.45, 7) is 6.31. The number of anilines is 2. The van der Waals surface area contributed by atoms with Crippen LogP contribution in [0, 0.1) is 13.8 Å². The van der Waals surface area contributed by atoms with Gasteiger partial charge in [-0.15, -0.1) is 0 Å². The van der Waals surface area contributed by atoms with Crippen molar-refractivity contribution in [2.24, 2.45) is 0 Å². The van der Waals surface area contributed by atoms with E-state index in [1.54, 1.807) is 4.68 Å². The quantitative estimate of drug-likeness (QED) is 0.330. The molecule has 1 unspecified atom stereocenters. The van der Waals surface area contributed by atoms with Crippen LogP contribution in [0.3, 0.4) is 0 Å². The van der Waals surface area contributed by atoms with Crippen LogP contribution in [0.15, 0.2) is 82.5 Å². The molecule has 0 saturated heterocycles. The number of amides is 1. The molecule has 0 aliphatic carbocycles. The fourth-order valence-electron chi connectivity index (χ4n) is 4.30. The van der Waals surface area contributed by atoms with Crippen LogP contribution < -0.4 is 15.4 Å². The molecule has 3 aromatic carbocycles. The lowest BCUT2D eigenvalue weighted by atomic mass is 9.94. The molecule has 1 aliphatic rings. The molecule has 5 rings (SSSR count). The minimum atomic E-state index is -0.499. The average molecular weight is 545 g/mol. The Bertz CT molecular complexity index is 1460. The maximum atomic E-state index is 13.6. The number of allylic oxidation sites excluding steroid dienone is 1. The molecule has 1 amide bonds. The van der Waals surface area contributed by atoms with E-state index in [0.29, 0.717) is 23.8 Å². The van der Waals surface area contributed by atoms with Crippen molar-refractivity contribution in [2.75, 3.05) is 10.6 Å². The summed E-state index contributed by atoms with van der Waals surface area (Å²) in [4.78, 5) is 13.6. The molecular weight excluding hydrogens is 520 g/mol. The van der Waals surface area contributed by atoms with E-state index in [1.165, 1.54) is 0 Å². The van der Waals surface area contributed by atoms with Gasteiger partial charge in [0.1, 0.15) is 18.4 Å². The van der Waals surface area contributed by atoms with Gasteiger partial charge in [0.2, 0.25) is 5.95 Å². The standard InChI is InChI=1S/C27H25BrN6O2/c1-16-7-12-23(17(2)13-16)30-26(35)24-18(3)29-27-31-32-33-34(27)25(24)20-8-10-22(11-9-20)36-15-19-5-4-6-21(28)14-19/h4-14,25H,15H2,1-3H3,(H,30,35)(H,29,31,33). The number of benzene rings is 3. The number of ether oxygens (including phenoxy) is 1. The molecule has 1 atom stereocenters. The van der Waals surface area contributed by atoms with Gasteiger partial charge in [-0.3, -0.25) is 4.79 Å². The lowest BCUT2D eigenvalue weighted by Crippen LogP contribution is -2.31. The van der Waals surface area contributed by atoms with E-state index >= 15 is 0 Å². The van der Waals surface area contributed by atoms with Gasteiger partial charge in [-0.1, -0.05) is 63.0 Å². The van der Waals surface area contributed by atoms with E-state index in [1.807, 2.05) is 87.5 Å². The van der Waals surface area contributed by atoms with Crippen LogP contribution in [-0.2, 0) is 11.4 Å². The minimum Gasteiger partial charge on any atom is -0.489 e. The Kier molecular flexibility index (Phi) is 6.56. The Balaban J connectivity index is 1.42. The Morgan fingerprint density at radius 3 is 2.64 bits per heavy atom. The van der Waals surface area contributed by atoms with Gasteiger partial charge in [0.15, 0.2) is 0 Å². The zero-order chi connectivity index (χ0) is 25.2. The van der Waals surface area contributed by atoms with Crippen molar-refractivity contribution in [1.82, 2.24) is 20.2 Å². The molecule has 182 valence electrons. The predicted octanol–water partition coefficient (Wildman–Crippen LogP) is 5.56. The molecule has 4 aromatic rings. The fourth-order valence-corrected chi connectivity index (χ4v) is 4.74. The molecule has 1 aromatic heterocycles. The molecule has 1 aliphatic heterocycles. The van der Waals surface area contributed by atoms with E-state index in [-0.39, 0.29) is 5.91 Å². The van der Waals surface area contributed by atoms with Crippen LogP contribution in [0.25, 0.3) is 0 Å². The number of nitrogens with one attached hydrogen (secondary N) is 2. The number of carbonyl (C=O) groups is 1. The second kappa shape index (κ2) is 9.94. The molecule has 0 bridgehead atoms. The summed E-state index contributed by atoms with van der Waals surface area (Å²) in [7, 11) is 0. The van der Waals surface area contributed by atoms with E-state index in [2.05, 4.69) is 42.1 Å². The van der Waals surface area contributed by atoms with Crippen molar-refractivity contribution in [3.8, 4) is 5.75 Å². The number of carbonyl (C=O) groups excluding carboxylic acids is 1. The van der Waals surface area contributed by atoms with Gasteiger partial charge in [0.05, 0.1) is 5.57 Å². The zero-order valence-corrected chi connectivity index (χ0v) is 21.7. The number of aryl methyl sites for hydroxylation is 2. The Labute approximate surface area is 217 Å². The molecule has 0 spiro atoms. The highest BCUT2D eigenvalue weighted by atomic mass is 79.9. The Morgan fingerprint density at radius 1 is 1.08 bits per heavy atom. The van der Waals surface area contributed by atoms with Crippen molar-refractivity contribution < 1.29 is 9.53 Å². The van der Waals surface area contributed by atoms with Crippen LogP contribution in [-0.4, -0.2) is 26.1 Å². The molecule has 0 fully saturated rings. The topological polar surface area (TPSA) is 94.0 Å². The normalized spacial score (nSPS) is 14.7. The highest BCUT2D eigenvalue weighted by Crippen LogP contribution is 2.35. The van der Waals surface area contributed by atoms with Crippen LogP contribution in [0.1, 0.15) is 35.2 Å². The number of hydrogen-bond donors (Lipinski definition) is 2. The predicted molar refractivity (Wildman–Crippen MR) is 142 cm³/mol. The van der Waals surface area contributed by atoms with Gasteiger partial charge in [-0.25, -0.2) is 0 Å². The number of fused-ring (bicyclic) bond motifs is 1. The third kappa shape index (κ3) is 4.87. The van der Waals surface area contributed by atoms with Crippen LogP contribution in [0.4, 0.5) is 11.6 Å². The molecule has 2 N–H and O–H groups in total. The first kappa shape index (κ1) is 23.7. The minimum absolute atomic E-state index is 0.215. The van der Waals surface area contributed by atoms with Crippen molar-refractivity contribution in [3.63, 3.8) is 0 Å². The first-order valence-electron chi connectivity index (χ1n) is 11.5. The number of aromatic nitrogens is 4. The molecule has 8 nitrogen and oxygen atoms in total. The molecule has 9 heteroatoms. The summed E-state index contributed by atoms with van der Waals surface area (Å²) < 4.78 is 8.61. The SMILES string of the molecule is CC1=C(C(=O)Nc2ccc(C)cc2C)C(c2ccc(OCc3cccc(Br)c3)cc2)n2nnnc2N1. The smallest absolute Gasteiger partial charge is 0.255 e. The monoisotopic (exact) mass is 544 g/mol. The summed E-state index contributed by atoms with van der Waals surface area (Å²) in [5, 5.41) is 18.3. The number of halogens is 1. The van der Waals surface area contributed by atoms with E-state index in [9.17, 15) is 4.79 Å². The van der Waals surface area contributed by atoms with Gasteiger partial charge in [-0.05, 0) is 78.2 Å².